The third kappa shape index (κ3) is 3.84. The van der Waals surface area contributed by atoms with Crippen LogP contribution in [-0.4, -0.2) is 9.97 Å². The Hall–Kier alpha value is -5.78. The molecule has 0 spiro atoms. The number of fused-ring (bicyclic) bond motifs is 9. The first-order valence-corrected chi connectivity index (χ1v) is 15.7. The second kappa shape index (κ2) is 9.36. The number of hydrogen-bond acceptors (Lipinski definition) is 5. The van der Waals surface area contributed by atoms with Crippen LogP contribution in [0.2, 0.25) is 0 Å². The zero-order chi connectivity index (χ0) is 29.5. The van der Waals surface area contributed by atoms with Crippen molar-refractivity contribution in [3.05, 3.63) is 133 Å². The number of rotatable bonds is 3. The van der Waals surface area contributed by atoms with E-state index in [2.05, 4.69) is 84.9 Å². The molecule has 10 rings (SSSR count). The fourth-order valence-corrected chi connectivity index (χ4v) is 7.65. The molecule has 0 saturated heterocycles. The van der Waals surface area contributed by atoms with Gasteiger partial charge in [0.15, 0.2) is 5.82 Å². The number of furan rings is 2. The van der Waals surface area contributed by atoms with Crippen molar-refractivity contribution >= 4 is 75.4 Å². The Kier molecular flexibility index (Phi) is 5.12. The number of para-hydroxylation sites is 2. The van der Waals surface area contributed by atoms with Gasteiger partial charge in [-0.25, -0.2) is 9.97 Å². The largest absolute Gasteiger partial charge is 0.456 e. The SMILES string of the molecule is c1ccc2c(c1)oc1ccc(-c3cc(-c4ccc5c(c4)sc4ccccc45)nc(-c4ccc5oc6ccccc6c5c4)n3)cc12. The van der Waals surface area contributed by atoms with E-state index < -0.39 is 0 Å². The maximum Gasteiger partial charge on any atom is 0.160 e. The van der Waals surface area contributed by atoms with Crippen molar-refractivity contribution in [1.29, 1.82) is 0 Å². The Balaban J connectivity index is 1.20. The third-order valence-electron chi connectivity index (χ3n) is 8.71. The maximum absolute atomic E-state index is 6.12. The van der Waals surface area contributed by atoms with Crippen molar-refractivity contribution in [2.75, 3.05) is 0 Å². The second-order valence-corrected chi connectivity index (χ2v) is 12.5. The Bertz CT molecular complexity index is 2650. The zero-order valence-electron chi connectivity index (χ0n) is 23.8. The summed E-state index contributed by atoms with van der Waals surface area (Å²) < 4.78 is 14.8. The molecule has 0 saturated carbocycles. The Labute approximate surface area is 260 Å². The molecule has 0 aliphatic carbocycles. The minimum absolute atomic E-state index is 0.670. The van der Waals surface area contributed by atoms with Gasteiger partial charge < -0.3 is 8.83 Å². The zero-order valence-corrected chi connectivity index (χ0v) is 24.6. The van der Waals surface area contributed by atoms with Gasteiger partial charge in [-0.2, -0.15) is 0 Å². The van der Waals surface area contributed by atoms with E-state index in [1.165, 1.54) is 20.2 Å². The average molecular weight is 595 g/mol. The molecule has 5 heteroatoms. The van der Waals surface area contributed by atoms with E-state index in [0.29, 0.717) is 5.82 Å². The number of benzene rings is 6. The smallest absolute Gasteiger partial charge is 0.160 e. The molecule has 0 unspecified atom stereocenters. The van der Waals surface area contributed by atoms with Gasteiger partial charge in [-0.15, -0.1) is 11.3 Å². The fraction of sp³-hybridized carbons (Fsp3) is 0. The van der Waals surface area contributed by atoms with E-state index >= 15 is 0 Å². The topological polar surface area (TPSA) is 52.1 Å². The van der Waals surface area contributed by atoms with Crippen molar-refractivity contribution in [2.45, 2.75) is 0 Å². The Morgan fingerprint density at radius 2 is 0.889 bits per heavy atom. The van der Waals surface area contributed by atoms with Crippen molar-refractivity contribution < 1.29 is 8.83 Å². The van der Waals surface area contributed by atoms with Crippen LogP contribution in [-0.2, 0) is 0 Å². The predicted molar refractivity (Wildman–Crippen MR) is 186 cm³/mol. The summed E-state index contributed by atoms with van der Waals surface area (Å²) in [7, 11) is 0. The van der Waals surface area contributed by atoms with Crippen LogP contribution in [0.15, 0.2) is 142 Å². The molecule has 4 aromatic heterocycles. The van der Waals surface area contributed by atoms with Gasteiger partial charge in [-0.3, -0.25) is 0 Å². The fourth-order valence-electron chi connectivity index (χ4n) is 6.51. The summed E-state index contributed by atoms with van der Waals surface area (Å²) >= 11 is 1.81. The molecule has 0 aliphatic heterocycles. The summed E-state index contributed by atoms with van der Waals surface area (Å²) in [5, 5.41) is 6.85. The summed E-state index contributed by atoms with van der Waals surface area (Å²) in [5.74, 6) is 0.670. The molecule has 0 atom stereocenters. The molecule has 10 aromatic rings. The van der Waals surface area contributed by atoms with Gasteiger partial charge in [0.2, 0.25) is 0 Å². The standard InChI is InChI=1S/C40H22N2O2S/c1-4-10-34-26(7-1)30-19-23(14-17-36(30)43-34)32-22-33(24-13-16-29-28-9-3-6-12-38(28)45-39(29)21-24)42-40(41-32)25-15-18-37-31(20-25)27-8-2-5-11-35(27)44-37/h1-22H. The molecule has 4 heterocycles. The molecule has 0 amide bonds. The van der Waals surface area contributed by atoms with E-state index in [0.717, 1.165) is 72.0 Å². The van der Waals surface area contributed by atoms with Crippen LogP contribution < -0.4 is 0 Å². The molecule has 6 aromatic carbocycles. The number of thiophene rings is 1. The van der Waals surface area contributed by atoms with Crippen LogP contribution in [0.4, 0.5) is 0 Å². The molecule has 4 nitrogen and oxygen atoms in total. The lowest BCUT2D eigenvalue weighted by atomic mass is 10.0. The highest BCUT2D eigenvalue weighted by Crippen LogP contribution is 2.38. The van der Waals surface area contributed by atoms with E-state index in [9.17, 15) is 0 Å². The molecule has 45 heavy (non-hydrogen) atoms. The van der Waals surface area contributed by atoms with Gasteiger partial charge in [-0.05, 0) is 66.7 Å². The van der Waals surface area contributed by atoms with Crippen LogP contribution in [0.3, 0.4) is 0 Å². The lowest BCUT2D eigenvalue weighted by molar-refractivity contribution is 0.668. The lowest BCUT2D eigenvalue weighted by Gasteiger charge is -2.10. The van der Waals surface area contributed by atoms with Gasteiger partial charge in [0.1, 0.15) is 22.3 Å². The minimum atomic E-state index is 0.670. The quantitative estimate of drug-likeness (QED) is 0.204. The van der Waals surface area contributed by atoms with Crippen LogP contribution in [0.1, 0.15) is 0 Å². The van der Waals surface area contributed by atoms with Crippen molar-refractivity contribution in [3.63, 3.8) is 0 Å². The van der Waals surface area contributed by atoms with E-state index in [1.807, 2.05) is 59.9 Å². The maximum atomic E-state index is 6.12. The van der Waals surface area contributed by atoms with Gasteiger partial charge in [0, 0.05) is 58.4 Å². The first-order chi connectivity index (χ1) is 22.2. The normalized spacial score (nSPS) is 12.0. The molecule has 0 N–H and O–H groups in total. The first-order valence-electron chi connectivity index (χ1n) is 14.9. The average Bonchev–Trinajstić information content (AvgIpc) is 3.78. The molecule has 0 radical (unpaired) electrons. The van der Waals surface area contributed by atoms with Crippen LogP contribution in [0, 0.1) is 0 Å². The predicted octanol–water partition coefficient (Wildman–Crippen LogP) is 11.6. The van der Waals surface area contributed by atoms with E-state index in [4.69, 9.17) is 18.8 Å². The summed E-state index contributed by atoms with van der Waals surface area (Å²) in [6.45, 7) is 0. The summed E-state index contributed by atoms with van der Waals surface area (Å²) in [6.07, 6.45) is 0. The van der Waals surface area contributed by atoms with Crippen molar-refractivity contribution in [2.24, 2.45) is 0 Å². The molecule has 0 bridgehead atoms. The molecule has 0 aliphatic rings. The lowest BCUT2D eigenvalue weighted by Crippen LogP contribution is -1.96. The number of nitrogens with zero attached hydrogens (tertiary/aromatic N) is 2. The van der Waals surface area contributed by atoms with Crippen LogP contribution in [0.25, 0.3) is 98.0 Å². The van der Waals surface area contributed by atoms with Gasteiger partial charge >= 0.3 is 0 Å². The molecule has 210 valence electrons. The second-order valence-electron chi connectivity index (χ2n) is 11.4. The third-order valence-corrected chi connectivity index (χ3v) is 9.84. The van der Waals surface area contributed by atoms with Gasteiger partial charge in [0.05, 0.1) is 11.4 Å². The van der Waals surface area contributed by atoms with Crippen molar-refractivity contribution in [1.82, 2.24) is 9.97 Å². The summed E-state index contributed by atoms with van der Waals surface area (Å²) in [5.41, 5.74) is 8.21. The first kappa shape index (κ1) is 24.6. The van der Waals surface area contributed by atoms with Crippen molar-refractivity contribution in [3.8, 4) is 33.9 Å². The highest BCUT2D eigenvalue weighted by Gasteiger charge is 2.16. The van der Waals surface area contributed by atoms with Gasteiger partial charge in [0.25, 0.3) is 0 Å². The van der Waals surface area contributed by atoms with E-state index in [1.54, 1.807) is 0 Å². The van der Waals surface area contributed by atoms with Crippen LogP contribution in [0.5, 0.6) is 0 Å². The monoisotopic (exact) mass is 594 g/mol. The highest BCUT2D eigenvalue weighted by atomic mass is 32.1. The minimum Gasteiger partial charge on any atom is -0.456 e. The Morgan fingerprint density at radius 1 is 0.378 bits per heavy atom. The summed E-state index contributed by atoms with van der Waals surface area (Å²) in [6, 6.07) is 46.2. The molecular formula is C40H22N2O2S. The number of hydrogen-bond donors (Lipinski definition) is 0. The molecule has 0 fully saturated rings. The van der Waals surface area contributed by atoms with Crippen LogP contribution >= 0.6 is 11.3 Å². The Morgan fingerprint density at radius 3 is 1.60 bits per heavy atom. The van der Waals surface area contributed by atoms with Gasteiger partial charge in [-0.1, -0.05) is 66.7 Å². The summed E-state index contributed by atoms with van der Waals surface area (Å²) in [4.78, 5) is 10.3. The highest BCUT2D eigenvalue weighted by molar-refractivity contribution is 7.25. The number of aromatic nitrogens is 2. The molecular weight excluding hydrogens is 573 g/mol. The van der Waals surface area contributed by atoms with E-state index in [-0.39, 0.29) is 0 Å².